The largest absolute Gasteiger partial charge is 0.508 e. The summed E-state index contributed by atoms with van der Waals surface area (Å²) < 4.78 is 55.7. The Balaban J connectivity index is 1.27. The van der Waals surface area contributed by atoms with Gasteiger partial charge in [-0.2, -0.15) is 9.97 Å². The summed E-state index contributed by atoms with van der Waals surface area (Å²) in [7, 11) is 0. The zero-order valence-electron chi connectivity index (χ0n) is 26.2. The van der Waals surface area contributed by atoms with E-state index in [-0.39, 0.29) is 51.6 Å². The summed E-state index contributed by atoms with van der Waals surface area (Å²) in [6.45, 7) is 1.66. The second-order valence-electron chi connectivity index (χ2n) is 12.7. The van der Waals surface area contributed by atoms with E-state index in [1.54, 1.807) is 0 Å². The predicted octanol–water partition coefficient (Wildman–Crippen LogP) is 5.01. The molecule has 3 saturated heterocycles. The van der Waals surface area contributed by atoms with Gasteiger partial charge in [-0.1, -0.05) is 12.0 Å². The third kappa shape index (κ3) is 4.79. The number of halogens is 2. The van der Waals surface area contributed by atoms with Gasteiger partial charge in [-0.25, -0.2) is 8.78 Å². The van der Waals surface area contributed by atoms with Gasteiger partial charge in [-0.15, -0.1) is 6.42 Å². The molecule has 2 N–H and O–H groups in total. The van der Waals surface area contributed by atoms with Crippen LogP contribution in [-0.2, 0) is 0 Å². The maximum atomic E-state index is 16.8. The number of benzene rings is 2. The predicted molar refractivity (Wildman–Crippen MR) is 165 cm³/mol. The number of anilines is 1. The van der Waals surface area contributed by atoms with E-state index >= 15 is 4.39 Å². The lowest BCUT2D eigenvalue weighted by Crippen LogP contribution is -2.51. The van der Waals surface area contributed by atoms with E-state index in [1.807, 2.05) is 0 Å². The van der Waals surface area contributed by atoms with Crippen molar-refractivity contribution in [3.63, 3.8) is 0 Å². The second kappa shape index (κ2) is 10.5. The molecule has 44 heavy (non-hydrogen) atoms. The van der Waals surface area contributed by atoms with Crippen LogP contribution in [0, 0.1) is 29.4 Å². The van der Waals surface area contributed by atoms with Crippen LogP contribution >= 0.6 is 0 Å². The Kier molecular flexibility index (Phi) is 6.05. The third-order valence-corrected chi connectivity index (χ3v) is 9.55. The van der Waals surface area contributed by atoms with Gasteiger partial charge >= 0.3 is 6.01 Å². The molecule has 0 amide bonds. The number of nitrogens with one attached hydrogen (secondary N) is 1. The van der Waals surface area contributed by atoms with Crippen molar-refractivity contribution in [2.24, 2.45) is 5.41 Å². The quantitative estimate of drug-likeness (QED) is 0.288. The molecule has 8 rings (SSSR count). The molecule has 2 aromatic carbocycles. The number of fused-ring (bicyclic) bond motifs is 4. The van der Waals surface area contributed by atoms with Crippen molar-refractivity contribution in [2.45, 2.75) is 50.6 Å². The molecule has 8 nitrogen and oxygen atoms in total. The number of hydrogen-bond acceptors (Lipinski definition) is 8. The fraction of sp³-hybridized carbons (Fsp3) is 0.441. The number of aromatic hydroxyl groups is 1. The fourth-order valence-electron chi connectivity index (χ4n) is 7.18. The van der Waals surface area contributed by atoms with E-state index in [2.05, 4.69) is 31.0 Å². The van der Waals surface area contributed by atoms with Crippen LogP contribution in [0.3, 0.4) is 0 Å². The highest BCUT2D eigenvalue weighted by Gasteiger charge is 2.45. The molecule has 5 heterocycles. The van der Waals surface area contributed by atoms with Gasteiger partial charge in [0.25, 0.3) is 0 Å². The van der Waals surface area contributed by atoms with Gasteiger partial charge in [0, 0.05) is 54.3 Å². The van der Waals surface area contributed by atoms with E-state index in [9.17, 15) is 9.50 Å². The Hall–Kier alpha value is -4.07. The molecule has 4 aromatic rings. The first-order chi connectivity index (χ1) is 22.1. The molecule has 0 unspecified atom stereocenters. The molecule has 2 aromatic heterocycles. The second-order valence-corrected chi connectivity index (χ2v) is 12.7. The molecule has 2 bridgehead atoms. The highest BCUT2D eigenvalue weighted by atomic mass is 19.1. The Morgan fingerprint density at radius 1 is 1.14 bits per heavy atom. The zero-order chi connectivity index (χ0) is 31.8. The number of piperazine rings is 1. The number of terminal acetylenes is 1. The third-order valence-electron chi connectivity index (χ3n) is 9.55. The molecule has 0 radical (unpaired) electrons. The average Bonchev–Trinajstić information content (AvgIpc) is 3.51. The van der Waals surface area contributed by atoms with Gasteiger partial charge in [0.15, 0.2) is 5.82 Å². The van der Waals surface area contributed by atoms with Gasteiger partial charge in [-0.05, 0) is 75.2 Å². The standard InChI is InChI=1S/C34H34F2N6O2/c1-2-24-27(35)8-5-20-13-23(43)14-25(28(20)24)30-29(36)31-26(15-37-30)32(42-16-21-6-7-22(17-42)38-21)40-33(39-31)44-19-34(9-10-34)18-41-11-3-4-12-41/h1,5,8,13-15,21-22,38,43H,3-4,6-7,9-12,16-19H2/t21-,22+/i19D2. The number of hydrogen-bond donors (Lipinski definition) is 2. The summed E-state index contributed by atoms with van der Waals surface area (Å²) in [4.78, 5) is 18.0. The molecular weight excluding hydrogens is 562 g/mol. The van der Waals surface area contributed by atoms with Crippen molar-refractivity contribution in [2.75, 3.05) is 44.2 Å². The van der Waals surface area contributed by atoms with Crippen molar-refractivity contribution < 1.29 is 21.4 Å². The summed E-state index contributed by atoms with van der Waals surface area (Å²) in [5.41, 5.74) is -0.934. The van der Waals surface area contributed by atoms with Gasteiger partial charge in [-0.3, -0.25) is 4.98 Å². The monoisotopic (exact) mass is 598 g/mol. The highest BCUT2D eigenvalue weighted by molar-refractivity contribution is 6.03. The molecule has 1 saturated carbocycles. The maximum Gasteiger partial charge on any atom is 0.319 e. The lowest BCUT2D eigenvalue weighted by atomic mass is 9.96. The summed E-state index contributed by atoms with van der Waals surface area (Å²) in [6.07, 6.45) is 12.8. The molecular formula is C34H34F2N6O2. The molecule has 0 spiro atoms. The number of phenols is 1. The van der Waals surface area contributed by atoms with Gasteiger partial charge in [0.2, 0.25) is 0 Å². The fourth-order valence-corrected chi connectivity index (χ4v) is 7.18. The van der Waals surface area contributed by atoms with Crippen molar-refractivity contribution in [3.05, 3.63) is 47.7 Å². The summed E-state index contributed by atoms with van der Waals surface area (Å²) in [6, 6.07) is 5.67. The van der Waals surface area contributed by atoms with Crippen LogP contribution in [-0.4, -0.2) is 76.3 Å². The summed E-state index contributed by atoms with van der Waals surface area (Å²) >= 11 is 0. The van der Waals surface area contributed by atoms with E-state index in [0.29, 0.717) is 49.1 Å². The number of nitrogens with zero attached hydrogens (tertiary/aromatic N) is 5. The number of rotatable bonds is 7. The van der Waals surface area contributed by atoms with E-state index in [4.69, 9.17) is 18.9 Å². The van der Waals surface area contributed by atoms with Crippen molar-refractivity contribution in [1.29, 1.82) is 0 Å². The van der Waals surface area contributed by atoms with Crippen LogP contribution in [0.2, 0.25) is 0 Å². The molecule has 4 fully saturated rings. The Labute approximate surface area is 257 Å². The van der Waals surface area contributed by atoms with Crippen molar-refractivity contribution in [1.82, 2.24) is 25.2 Å². The van der Waals surface area contributed by atoms with Crippen LogP contribution in [0.15, 0.2) is 30.5 Å². The van der Waals surface area contributed by atoms with Crippen LogP contribution in [0.1, 0.15) is 46.8 Å². The minimum atomic E-state index is -2.09. The topological polar surface area (TPSA) is 86.6 Å². The minimum absolute atomic E-state index is 0.0709. The van der Waals surface area contributed by atoms with E-state index in [1.165, 1.54) is 30.5 Å². The number of likely N-dealkylation sites (tertiary alicyclic amines) is 1. The molecule has 3 aliphatic heterocycles. The molecule has 1 aliphatic carbocycles. The number of ether oxygens (including phenoxy) is 1. The first kappa shape index (κ1) is 25.3. The molecule has 10 heteroatoms. The molecule has 4 aliphatic rings. The molecule has 2 atom stereocenters. The highest BCUT2D eigenvalue weighted by Crippen LogP contribution is 2.47. The Morgan fingerprint density at radius 3 is 2.64 bits per heavy atom. The van der Waals surface area contributed by atoms with Gasteiger partial charge in [0.1, 0.15) is 28.6 Å². The Bertz CT molecular complexity index is 1910. The number of pyridine rings is 1. The lowest BCUT2D eigenvalue weighted by molar-refractivity contribution is 0.170. The zero-order valence-corrected chi connectivity index (χ0v) is 24.2. The SMILES string of the molecule is [2H]C([2H])(Oc1nc(N2C[C@H]3CC[C@@H](C2)N3)c2cnc(-c3cc(O)cc4ccc(F)c(C#C)c34)c(F)c2n1)C1(CN2CCCC2)CC1. The van der Waals surface area contributed by atoms with Gasteiger partial charge in [0.05, 0.1) is 20.3 Å². The summed E-state index contributed by atoms with van der Waals surface area (Å²) in [5.74, 6) is 1.14. The lowest BCUT2D eigenvalue weighted by Gasteiger charge is -2.34. The Morgan fingerprint density at radius 2 is 1.91 bits per heavy atom. The number of phenolic OH excluding ortho intramolecular Hbond substituents is 1. The van der Waals surface area contributed by atoms with Crippen molar-refractivity contribution in [3.8, 4) is 35.4 Å². The first-order valence-electron chi connectivity index (χ1n) is 16.4. The van der Waals surface area contributed by atoms with E-state index in [0.717, 1.165) is 38.8 Å². The van der Waals surface area contributed by atoms with Crippen LogP contribution < -0.4 is 15.0 Å². The van der Waals surface area contributed by atoms with Crippen LogP contribution in [0.5, 0.6) is 11.8 Å². The average molecular weight is 599 g/mol. The normalized spacial score (nSPS) is 23.5. The van der Waals surface area contributed by atoms with Crippen LogP contribution in [0.25, 0.3) is 32.9 Å². The first-order valence-corrected chi connectivity index (χ1v) is 15.4. The molecule has 226 valence electrons. The summed E-state index contributed by atoms with van der Waals surface area (Å²) in [5, 5.41) is 15.1. The minimum Gasteiger partial charge on any atom is -0.508 e. The van der Waals surface area contributed by atoms with Gasteiger partial charge < -0.3 is 25.0 Å². The van der Waals surface area contributed by atoms with Crippen LogP contribution in [0.4, 0.5) is 14.6 Å². The smallest absolute Gasteiger partial charge is 0.319 e. The van der Waals surface area contributed by atoms with E-state index < -0.39 is 23.6 Å². The number of aromatic nitrogens is 3. The maximum absolute atomic E-state index is 16.8. The van der Waals surface area contributed by atoms with Crippen molar-refractivity contribution >= 4 is 27.5 Å².